The lowest BCUT2D eigenvalue weighted by Gasteiger charge is -2.21. The van der Waals surface area contributed by atoms with Gasteiger partial charge in [-0.15, -0.1) is 0 Å². The van der Waals surface area contributed by atoms with Gasteiger partial charge in [0.15, 0.2) is 0 Å². The van der Waals surface area contributed by atoms with E-state index in [0.29, 0.717) is 39.3 Å². The summed E-state index contributed by atoms with van der Waals surface area (Å²) in [5.41, 5.74) is 0.351. The number of hydrogen-bond donors (Lipinski definition) is 2. The van der Waals surface area contributed by atoms with Gasteiger partial charge < -0.3 is 19.9 Å². The first-order valence-corrected chi connectivity index (χ1v) is 6.56. The molecule has 19 heavy (non-hydrogen) atoms. The number of ether oxygens (including phenoxy) is 2. The largest absolute Gasteiger partial charge is 0.489 e. The van der Waals surface area contributed by atoms with Crippen molar-refractivity contribution in [3.05, 3.63) is 42.5 Å². The minimum Gasteiger partial charge on any atom is -0.489 e. The maximum Gasteiger partial charge on any atom is 0.124 e. The number of rotatable bonds is 7. The molecule has 0 spiro atoms. The van der Waals surface area contributed by atoms with Gasteiger partial charge in [0.2, 0.25) is 0 Å². The van der Waals surface area contributed by atoms with Crippen LogP contribution in [0.2, 0.25) is 0 Å². The van der Waals surface area contributed by atoms with E-state index < -0.39 is 5.60 Å². The second kappa shape index (κ2) is 6.70. The SMILES string of the molecule is C=CCOc1ccccc1CNCC1(O)CCOC1. The van der Waals surface area contributed by atoms with Crippen molar-refractivity contribution in [2.24, 2.45) is 0 Å². The summed E-state index contributed by atoms with van der Waals surface area (Å²) < 4.78 is 10.8. The van der Waals surface area contributed by atoms with Gasteiger partial charge in [-0.3, -0.25) is 0 Å². The third-order valence-corrected chi connectivity index (χ3v) is 3.18. The van der Waals surface area contributed by atoms with E-state index in [1.807, 2.05) is 24.3 Å². The van der Waals surface area contributed by atoms with Gasteiger partial charge in [-0.2, -0.15) is 0 Å². The van der Waals surface area contributed by atoms with Crippen LogP contribution in [0.15, 0.2) is 36.9 Å². The van der Waals surface area contributed by atoms with Crippen molar-refractivity contribution < 1.29 is 14.6 Å². The molecule has 1 saturated heterocycles. The van der Waals surface area contributed by atoms with Crippen LogP contribution in [0, 0.1) is 0 Å². The van der Waals surface area contributed by atoms with Crippen LogP contribution in [-0.2, 0) is 11.3 Å². The van der Waals surface area contributed by atoms with E-state index in [9.17, 15) is 5.11 Å². The Morgan fingerprint density at radius 2 is 2.32 bits per heavy atom. The first kappa shape index (κ1) is 14.1. The first-order chi connectivity index (χ1) is 9.23. The van der Waals surface area contributed by atoms with Gasteiger partial charge in [0.1, 0.15) is 18.0 Å². The van der Waals surface area contributed by atoms with Crippen LogP contribution in [-0.4, -0.2) is 37.1 Å². The lowest BCUT2D eigenvalue weighted by atomic mass is 10.0. The molecule has 4 nitrogen and oxygen atoms in total. The van der Waals surface area contributed by atoms with Crippen molar-refractivity contribution in [2.45, 2.75) is 18.6 Å². The zero-order valence-corrected chi connectivity index (χ0v) is 11.1. The molecule has 0 amide bonds. The molecule has 1 aromatic carbocycles. The van der Waals surface area contributed by atoms with Crippen LogP contribution in [0.25, 0.3) is 0 Å². The summed E-state index contributed by atoms with van der Waals surface area (Å²) >= 11 is 0. The molecule has 1 heterocycles. The monoisotopic (exact) mass is 263 g/mol. The topological polar surface area (TPSA) is 50.7 Å². The number of hydrogen-bond acceptors (Lipinski definition) is 4. The minimum atomic E-state index is -0.725. The number of nitrogens with one attached hydrogen (secondary N) is 1. The van der Waals surface area contributed by atoms with Crippen LogP contribution in [0.3, 0.4) is 0 Å². The molecule has 1 atom stereocenters. The predicted octanol–water partition coefficient (Wildman–Crippen LogP) is 1.49. The molecular weight excluding hydrogens is 242 g/mol. The van der Waals surface area contributed by atoms with Crippen molar-refractivity contribution in [3.8, 4) is 5.75 Å². The summed E-state index contributed by atoms with van der Waals surface area (Å²) in [5, 5.41) is 13.4. The second-order valence-corrected chi connectivity index (χ2v) is 4.84. The maximum absolute atomic E-state index is 10.1. The molecule has 1 aliphatic rings. The van der Waals surface area contributed by atoms with E-state index in [1.165, 1.54) is 0 Å². The molecule has 1 fully saturated rings. The molecule has 2 rings (SSSR count). The molecule has 104 valence electrons. The lowest BCUT2D eigenvalue weighted by Crippen LogP contribution is -2.40. The Morgan fingerprint density at radius 3 is 3.05 bits per heavy atom. The molecule has 0 bridgehead atoms. The average Bonchev–Trinajstić information content (AvgIpc) is 2.85. The van der Waals surface area contributed by atoms with Crippen LogP contribution in [0.4, 0.5) is 0 Å². The van der Waals surface area contributed by atoms with Crippen LogP contribution in [0.1, 0.15) is 12.0 Å². The fourth-order valence-electron chi connectivity index (χ4n) is 2.11. The fourth-order valence-corrected chi connectivity index (χ4v) is 2.11. The molecule has 1 aromatic rings. The van der Waals surface area contributed by atoms with E-state index in [-0.39, 0.29) is 0 Å². The smallest absolute Gasteiger partial charge is 0.124 e. The molecule has 0 saturated carbocycles. The summed E-state index contributed by atoms with van der Waals surface area (Å²) in [4.78, 5) is 0. The van der Waals surface area contributed by atoms with Crippen LogP contribution < -0.4 is 10.1 Å². The Hall–Kier alpha value is -1.36. The highest BCUT2D eigenvalue weighted by molar-refractivity contribution is 5.33. The normalized spacial score (nSPS) is 22.4. The van der Waals surface area contributed by atoms with Gasteiger partial charge in [0.25, 0.3) is 0 Å². The number of aliphatic hydroxyl groups is 1. The third-order valence-electron chi connectivity index (χ3n) is 3.18. The standard InChI is InChI=1S/C15H21NO3/c1-2-8-19-14-6-4-3-5-13(14)10-16-11-15(17)7-9-18-12-15/h2-6,16-17H,1,7-12H2. The molecule has 0 aliphatic carbocycles. The summed E-state index contributed by atoms with van der Waals surface area (Å²) in [5.74, 6) is 0.851. The highest BCUT2D eigenvalue weighted by Crippen LogP contribution is 2.20. The molecule has 2 N–H and O–H groups in total. The minimum absolute atomic E-state index is 0.411. The molecule has 0 aromatic heterocycles. The summed E-state index contributed by atoms with van der Waals surface area (Å²) in [7, 11) is 0. The Morgan fingerprint density at radius 1 is 1.47 bits per heavy atom. The van der Waals surface area contributed by atoms with Crippen molar-refractivity contribution in [1.82, 2.24) is 5.32 Å². The van der Waals surface area contributed by atoms with E-state index in [4.69, 9.17) is 9.47 Å². The van der Waals surface area contributed by atoms with Crippen LogP contribution in [0.5, 0.6) is 5.75 Å². The van der Waals surface area contributed by atoms with E-state index in [0.717, 1.165) is 11.3 Å². The maximum atomic E-state index is 10.1. The van der Waals surface area contributed by atoms with Gasteiger partial charge in [0, 0.05) is 31.7 Å². The van der Waals surface area contributed by atoms with Gasteiger partial charge in [-0.05, 0) is 6.07 Å². The lowest BCUT2D eigenvalue weighted by molar-refractivity contribution is 0.0268. The van der Waals surface area contributed by atoms with Crippen molar-refractivity contribution in [3.63, 3.8) is 0 Å². The first-order valence-electron chi connectivity index (χ1n) is 6.56. The van der Waals surface area contributed by atoms with E-state index >= 15 is 0 Å². The van der Waals surface area contributed by atoms with Gasteiger partial charge in [-0.1, -0.05) is 30.9 Å². The highest BCUT2D eigenvalue weighted by atomic mass is 16.5. The van der Waals surface area contributed by atoms with Gasteiger partial charge in [-0.25, -0.2) is 0 Å². The summed E-state index contributed by atoms with van der Waals surface area (Å²) in [6.45, 7) is 6.38. The average molecular weight is 263 g/mol. The van der Waals surface area contributed by atoms with Crippen molar-refractivity contribution >= 4 is 0 Å². The molecule has 0 radical (unpaired) electrons. The predicted molar refractivity (Wildman–Crippen MR) is 74.2 cm³/mol. The fraction of sp³-hybridized carbons (Fsp3) is 0.467. The quantitative estimate of drug-likeness (QED) is 0.732. The van der Waals surface area contributed by atoms with Gasteiger partial charge in [0.05, 0.1) is 6.61 Å². The third kappa shape index (κ3) is 4.06. The van der Waals surface area contributed by atoms with Crippen molar-refractivity contribution in [1.29, 1.82) is 0 Å². The number of para-hydroxylation sites is 1. The Balaban J connectivity index is 1.86. The highest BCUT2D eigenvalue weighted by Gasteiger charge is 2.31. The number of benzene rings is 1. The molecule has 1 aliphatic heterocycles. The zero-order valence-electron chi connectivity index (χ0n) is 11.1. The molecule has 4 heteroatoms. The van der Waals surface area contributed by atoms with E-state index in [1.54, 1.807) is 6.08 Å². The zero-order chi connectivity index (χ0) is 13.6. The van der Waals surface area contributed by atoms with Crippen molar-refractivity contribution in [2.75, 3.05) is 26.4 Å². The van der Waals surface area contributed by atoms with E-state index in [2.05, 4.69) is 11.9 Å². The molecular formula is C15H21NO3. The summed E-state index contributed by atoms with van der Waals surface area (Å²) in [6, 6.07) is 7.87. The molecule has 1 unspecified atom stereocenters. The Kier molecular flexibility index (Phi) is 4.96. The Bertz CT molecular complexity index is 414. The Labute approximate surface area is 114 Å². The van der Waals surface area contributed by atoms with Gasteiger partial charge >= 0.3 is 0 Å². The second-order valence-electron chi connectivity index (χ2n) is 4.84. The summed E-state index contributed by atoms with van der Waals surface area (Å²) in [6.07, 6.45) is 2.41. The van der Waals surface area contributed by atoms with Crippen LogP contribution >= 0.6 is 0 Å².